The third kappa shape index (κ3) is 4.32. The maximum Gasteiger partial charge on any atom is 0.289 e. The standard InChI is InChI=1S/C18H18ClN3O5S/c19-15-7-5-14(6-8-15)13-18(23)20-9-11-21(12-10-20)28(26,27)17-4-2-1-3-16(17)22(24)25/h1-8H,9-13H2. The summed E-state index contributed by atoms with van der Waals surface area (Å²) >= 11 is 5.84. The van der Waals surface area contributed by atoms with Gasteiger partial charge in [0.2, 0.25) is 15.9 Å². The molecule has 1 heterocycles. The molecular weight excluding hydrogens is 406 g/mol. The molecule has 2 aromatic carbocycles. The van der Waals surface area contributed by atoms with Crippen LogP contribution in [0.15, 0.2) is 53.4 Å². The van der Waals surface area contributed by atoms with Crippen LogP contribution >= 0.6 is 11.6 Å². The molecule has 1 saturated heterocycles. The van der Waals surface area contributed by atoms with Crippen LogP contribution in [0.5, 0.6) is 0 Å². The number of nitrogens with zero attached hydrogens (tertiary/aromatic N) is 3. The summed E-state index contributed by atoms with van der Waals surface area (Å²) in [4.78, 5) is 24.2. The maximum atomic E-state index is 12.8. The highest BCUT2D eigenvalue weighted by Crippen LogP contribution is 2.27. The van der Waals surface area contributed by atoms with E-state index in [-0.39, 0.29) is 43.4 Å². The number of piperazine rings is 1. The number of halogens is 1. The van der Waals surface area contributed by atoms with Crippen molar-refractivity contribution in [2.45, 2.75) is 11.3 Å². The summed E-state index contributed by atoms with van der Waals surface area (Å²) in [5, 5.41) is 11.7. The van der Waals surface area contributed by atoms with Crippen molar-refractivity contribution < 1.29 is 18.1 Å². The van der Waals surface area contributed by atoms with Gasteiger partial charge in [0.15, 0.2) is 4.90 Å². The average molecular weight is 424 g/mol. The Balaban J connectivity index is 1.67. The molecule has 0 atom stereocenters. The van der Waals surface area contributed by atoms with Crippen LogP contribution in [0, 0.1) is 10.1 Å². The minimum atomic E-state index is -4.01. The highest BCUT2D eigenvalue weighted by molar-refractivity contribution is 7.89. The predicted molar refractivity (Wildman–Crippen MR) is 104 cm³/mol. The van der Waals surface area contributed by atoms with Crippen LogP contribution < -0.4 is 0 Å². The van der Waals surface area contributed by atoms with Crippen molar-refractivity contribution in [3.63, 3.8) is 0 Å². The Morgan fingerprint density at radius 1 is 1.04 bits per heavy atom. The van der Waals surface area contributed by atoms with Crippen molar-refractivity contribution in [2.24, 2.45) is 0 Å². The van der Waals surface area contributed by atoms with Crippen LogP contribution in [0.1, 0.15) is 5.56 Å². The highest BCUT2D eigenvalue weighted by atomic mass is 35.5. The van der Waals surface area contributed by atoms with Gasteiger partial charge in [0.25, 0.3) is 5.69 Å². The lowest BCUT2D eigenvalue weighted by Gasteiger charge is -2.34. The van der Waals surface area contributed by atoms with Crippen LogP contribution in [0.2, 0.25) is 5.02 Å². The Morgan fingerprint density at radius 3 is 2.25 bits per heavy atom. The number of nitro groups is 1. The normalized spacial score (nSPS) is 15.4. The maximum absolute atomic E-state index is 12.8. The van der Waals surface area contributed by atoms with Gasteiger partial charge in [0, 0.05) is 37.3 Å². The van der Waals surface area contributed by atoms with E-state index in [1.807, 2.05) is 0 Å². The van der Waals surface area contributed by atoms with Gasteiger partial charge in [-0.15, -0.1) is 0 Å². The number of carbonyl (C=O) groups is 1. The molecule has 1 aliphatic heterocycles. The van der Waals surface area contributed by atoms with Crippen molar-refractivity contribution in [1.82, 2.24) is 9.21 Å². The minimum Gasteiger partial charge on any atom is -0.340 e. The number of hydrogen-bond donors (Lipinski definition) is 0. The topological polar surface area (TPSA) is 101 Å². The summed E-state index contributed by atoms with van der Waals surface area (Å²) < 4.78 is 26.8. The lowest BCUT2D eigenvalue weighted by Crippen LogP contribution is -2.50. The Kier molecular flexibility index (Phi) is 5.97. The Morgan fingerprint density at radius 2 is 1.64 bits per heavy atom. The fourth-order valence-electron chi connectivity index (χ4n) is 3.03. The molecule has 148 valence electrons. The first kappa shape index (κ1) is 20.2. The molecule has 1 fully saturated rings. The van der Waals surface area contributed by atoms with Crippen LogP contribution in [0.4, 0.5) is 5.69 Å². The third-order valence-corrected chi connectivity index (χ3v) is 6.74. The molecule has 0 spiro atoms. The number of benzene rings is 2. The van der Waals surface area contributed by atoms with Gasteiger partial charge in [-0.05, 0) is 23.8 Å². The average Bonchev–Trinajstić information content (AvgIpc) is 2.69. The second-order valence-electron chi connectivity index (χ2n) is 6.31. The van der Waals surface area contributed by atoms with E-state index in [2.05, 4.69) is 0 Å². The summed E-state index contributed by atoms with van der Waals surface area (Å²) in [5.74, 6) is -0.106. The molecule has 0 bridgehead atoms. The Hall–Kier alpha value is -2.49. The van der Waals surface area contributed by atoms with Gasteiger partial charge >= 0.3 is 0 Å². The zero-order chi connectivity index (χ0) is 20.3. The largest absolute Gasteiger partial charge is 0.340 e. The van der Waals surface area contributed by atoms with Crippen LogP contribution in [0.25, 0.3) is 0 Å². The second-order valence-corrected chi connectivity index (χ2v) is 8.66. The lowest BCUT2D eigenvalue weighted by molar-refractivity contribution is -0.387. The number of rotatable bonds is 5. The van der Waals surface area contributed by atoms with Crippen molar-refractivity contribution >= 4 is 33.2 Å². The van der Waals surface area contributed by atoms with Crippen molar-refractivity contribution in [2.75, 3.05) is 26.2 Å². The Labute approximate surface area is 167 Å². The van der Waals surface area contributed by atoms with E-state index in [9.17, 15) is 23.3 Å². The lowest BCUT2D eigenvalue weighted by atomic mass is 10.1. The molecule has 0 radical (unpaired) electrons. The van der Waals surface area contributed by atoms with E-state index in [1.165, 1.54) is 28.6 Å². The molecule has 0 N–H and O–H groups in total. The molecule has 2 aromatic rings. The molecule has 8 nitrogen and oxygen atoms in total. The first-order valence-corrected chi connectivity index (χ1v) is 10.4. The molecule has 0 unspecified atom stereocenters. The molecule has 0 saturated carbocycles. The number of amides is 1. The minimum absolute atomic E-state index is 0.0841. The molecule has 0 aliphatic carbocycles. The summed E-state index contributed by atoms with van der Waals surface area (Å²) in [6.45, 7) is 0.625. The first-order valence-electron chi connectivity index (χ1n) is 8.55. The van der Waals surface area contributed by atoms with E-state index < -0.39 is 20.6 Å². The van der Waals surface area contributed by atoms with Gasteiger partial charge in [-0.3, -0.25) is 14.9 Å². The van der Waals surface area contributed by atoms with Crippen molar-refractivity contribution in [3.8, 4) is 0 Å². The van der Waals surface area contributed by atoms with Gasteiger partial charge in [-0.1, -0.05) is 35.9 Å². The number of carbonyl (C=O) groups excluding carboxylic acids is 1. The van der Waals surface area contributed by atoms with E-state index in [0.717, 1.165) is 5.56 Å². The Bertz CT molecular complexity index is 987. The van der Waals surface area contributed by atoms with Crippen molar-refractivity contribution in [3.05, 3.63) is 69.2 Å². The van der Waals surface area contributed by atoms with Gasteiger partial charge < -0.3 is 4.90 Å². The smallest absolute Gasteiger partial charge is 0.289 e. The van der Waals surface area contributed by atoms with E-state index in [1.54, 1.807) is 29.2 Å². The number of sulfonamides is 1. The summed E-state index contributed by atoms with van der Waals surface area (Å²) in [6.07, 6.45) is 0.202. The van der Waals surface area contributed by atoms with Gasteiger partial charge in [-0.25, -0.2) is 8.42 Å². The zero-order valence-corrected chi connectivity index (χ0v) is 16.4. The fourth-order valence-corrected chi connectivity index (χ4v) is 4.74. The molecule has 1 aliphatic rings. The van der Waals surface area contributed by atoms with Gasteiger partial charge in [0.1, 0.15) is 0 Å². The monoisotopic (exact) mass is 423 g/mol. The molecule has 3 rings (SSSR count). The molecular formula is C18H18ClN3O5S. The van der Waals surface area contributed by atoms with Crippen molar-refractivity contribution in [1.29, 1.82) is 0 Å². The molecule has 1 amide bonds. The van der Waals surface area contributed by atoms with Crippen LogP contribution in [-0.2, 0) is 21.2 Å². The van der Waals surface area contributed by atoms with Gasteiger partial charge in [-0.2, -0.15) is 4.31 Å². The van der Waals surface area contributed by atoms with Crippen LogP contribution in [0.3, 0.4) is 0 Å². The van der Waals surface area contributed by atoms with E-state index >= 15 is 0 Å². The number of nitro benzene ring substituents is 1. The molecule has 28 heavy (non-hydrogen) atoms. The fraction of sp³-hybridized carbons (Fsp3) is 0.278. The summed E-state index contributed by atoms with van der Waals surface area (Å²) in [5.41, 5.74) is 0.369. The van der Waals surface area contributed by atoms with E-state index in [0.29, 0.717) is 5.02 Å². The van der Waals surface area contributed by atoms with Crippen LogP contribution in [-0.4, -0.2) is 54.6 Å². The summed E-state index contributed by atoms with van der Waals surface area (Å²) in [6, 6.07) is 12.2. The molecule has 10 heteroatoms. The van der Waals surface area contributed by atoms with Gasteiger partial charge in [0.05, 0.1) is 11.3 Å². The summed E-state index contributed by atoms with van der Waals surface area (Å²) in [7, 11) is -4.01. The zero-order valence-electron chi connectivity index (χ0n) is 14.8. The third-order valence-electron chi connectivity index (χ3n) is 4.54. The molecule has 0 aromatic heterocycles. The quantitative estimate of drug-likeness (QED) is 0.542. The number of hydrogen-bond acceptors (Lipinski definition) is 5. The predicted octanol–water partition coefficient (Wildman–Crippen LogP) is 2.32. The second kappa shape index (κ2) is 8.26. The first-order chi connectivity index (χ1) is 13.3. The van der Waals surface area contributed by atoms with E-state index in [4.69, 9.17) is 11.6 Å². The SMILES string of the molecule is O=C(Cc1ccc(Cl)cc1)N1CCN(S(=O)(=O)c2ccccc2[N+](=O)[O-])CC1. The highest BCUT2D eigenvalue weighted by Gasteiger charge is 2.34. The number of para-hydroxylation sites is 1.